The van der Waals surface area contributed by atoms with Gasteiger partial charge in [-0.15, -0.1) is 0 Å². The van der Waals surface area contributed by atoms with Gasteiger partial charge in [0.15, 0.2) is 0 Å². The van der Waals surface area contributed by atoms with E-state index in [0.717, 1.165) is 16.5 Å². The Morgan fingerprint density at radius 1 is 1.04 bits per heavy atom. The number of rotatable bonds is 2. The highest BCUT2D eigenvalue weighted by Gasteiger charge is 2.12. The van der Waals surface area contributed by atoms with Crippen LogP contribution in [0.4, 0.5) is 0 Å². The molecule has 0 radical (unpaired) electrons. The Morgan fingerprint density at radius 2 is 1.87 bits per heavy atom. The summed E-state index contributed by atoms with van der Waals surface area (Å²) in [5.41, 5.74) is 1.42. The smallest absolute Gasteiger partial charge is 0.341 e. The number of para-hydroxylation sites is 1. The average Bonchev–Trinajstić information content (AvgIpc) is 2.98. The molecule has 3 heterocycles. The SMILES string of the molecule is O=C(O)c1ccc2cc(-c3cc4ccccc4o3)ccn2c1=O. The minimum absolute atomic E-state index is 0.251. The predicted molar refractivity (Wildman–Crippen MR) is 85.8 cm³/mol. The third-order valence-electron chi connectivity index (χ3n) is 3.80. The van der Waals surface area contributed by atoms with Crippen molar-refractivity contribution in [1.29, 1.82) is 0 Å². The molecule has 112 valence electrons. The van der Waals surface area contributed by atoms with Gasteiger partial charge in [-0.05, 0) is 36.4 Å². The van der Waals surface area contributed by atoms with Gasteiger partial charge >= 0.3 is 5.97 Å². The van der Waals surface area contributed by atoms with Gasteiger partial charge in [0.25, 0.3) is 5.56 Å². The largest absolute Gasteiger partial charge is 0.477 e. The molecule has 0 fully saturated rings. The molecule has 0 aliphatic heterocycles. The van der Waals surface area contributed by atoms with Gasteiger partial charge in [-0.3, -0.25) is 9.20 Å². The molecular formula is C18H11NO4. The van der Waals surface area contributed by atoms with Crippen LogP contribution in [0.1, 0.15) is 10.4 Å². The first-order chi connectivity index (χ1) is 11.1. The normalized spacial score (nSPS) is 11.1. The number of carbonyl (C=O) groups is 1. The van der Waals surface area contributed by atoms with E-state index in [4.69, 9.17) is 9.52 Å². The van der Waals surface area contributed by atoms with Gasteiger partial charge in [0.1, 0.15) is 16.9 Å². The van der Waals surface area contributed by atoms with Crippen LogP contribution in [-0.4, -0.2) is 15.5 Å². The van der Waals surface area contributed by atoms with E-state index >= 15 is 0 Å². The van der Waals surface area contributed by atoms with E-state index in [0.29, 0.717) is 11.3 Å². The summed E-state index contributed by atoms with van der Waals surface area (Å²) in [6.07, 6.45) is 1.56. The second-order valence-electron chi connectivity index (χ2n) is 5.22. The summed E-state index contributed by atoms with van der Waals surface area (Å²) >= 11 is 0. The Morgan fingerprint density at radius 3 is 2.65 bits per heavy atom. The summed E-state index contributed by atoms with van der Waals surface area (Å²) < 4.78 is 7.13. The lowest BCUT2D eigenvalue weighted by Crippen LogP contribution is -2.21. The molecule has 0 spiro atoms. The molecule has 0 amide bonds. The second-order valence-corrected chi connectivity index (χ2v) is 5.22. The minimum atomic E-state index is -1.23. The van der Waals surface area contributed by atoms with Crippen LogP contribution < -0.4 is 5.56 Å². The molecule has 0 aliphatic rings. The number of aromatic carboxylic acids is 1. The van der Waals surface area contributed by atoms with Crippen LogP contribution in [0.15, 0.2) is 70.0 Å². The number of fused-ring (bicyclic) bond motifs is 2. The highest BCUT2D eigenvalue weighted by atomic mass is 16.4. The molecule has 1 N–H and O–H groups in total. The summed E-state index contributed by atoms with van der Waals surface area (Å²) in [4.78, 5) is 23.1. The third kappa shape index (κ3) is 2.10. The molecule has 5 nitrogen and oxygen atoms in total. The summed E-state index contributed by atoms with van der Waals surface area (Å²) in [6.45, 7) is 0. The van der Waals surface area contributed by atoms with E-state index in [1.54, 1.807) is 24.4 Å². The van der Waals surface area contributed by atoms with Gasteiger partial charge in [0.2, 0.25) is 0 Å². The van der Waals surface area contributed by atoms with Crippen molar-refractivity contribution in [3.63, 3.8) is 0 Å². The summed E-state index contributed by atoms with van der Waals surface area (Å²) in [5.74, 6) is -0.533. The standard InChI is InChI=1S/C18H11NO4/c20-17-14(18(21)22)6-5-13-9-12(7-8-19(13)17)16-10-11-3-1-2-4-15(11)23-16/h1-10H,(H,21,22). The maximum absolute atomic E-state index is 12.1. The van der Waals surface area contributed by atoms with Crippen molar-refractivity contribution < 1.29 is 14.3 Å². The van der Waals surface area contributed by atoms with Crippen molar-refractivity contribution in [2.24, 2.45) is 0 Å². The first-order valence-electron chi connectivity index (χ1n) is 7.01. The number of benzene rings is 1. The molecule has 23 heavy (non-hydrogen) atoms. The molecule has 1 aromatic carbocycles. The van der Waals surface area contributed by atoms with Gasteiger partial charge in [-0.1, -0.05) is 18.2 Å². The Balaban J connectivity index is 1.90. The van der Waals surface area contributed by atoms with Crippen molar-refractivity contribution in [3.05, 3.63) is 76.7 Å². The van der Waals surface area contributed by atoms with Crippen LogP contribution in [0.3, 0.4) is 0 Å². The van der Waals surface area contributed by atoms with E-state index < -0.39 is 11.5 Å². The van der Waals surface area contributed by atoms with Crippen LogP contribution in [0.2, 0.25) is 0 Å². The second kappa shape index (κ2) is 4.84. The van der Waals surface area contributed by atoms with Crippen molar-refractivity contribution in [1.82, 2.24) is 4.40 Å². The van der Waals surface area contributed by atoms with Gasteiger partial charge in [-0.25, -0.2) is 4.79 Å². The van der Waals surface area contributed by atoms with E-state index in [9.17, 15) is 9.59 Å². The Bertz CT molecular complexity index is 1090. The lowest BCUT2D eigenvalue weighted by Gasteiger charge is -2.04. The number of hydrogen-bond donors (Lipinski definition) is 1. The topological polar surface area (TPSA) is 71.9 Å². The van der Waals surface area contributed by atoms with Gasteiger partial charge in [0, 0.05) is 22.7 Å². The third-order valence-corrected chi connectivity index (χ3v) is 3.80. The van der Waals surface area contributed by atoms with E-state index in [1.807, 2.05) is 30.3 Å². The number of carboxylic acids is 1. The molecule has 0 bridgehead atoms. The fraction of sp³-hybridized carbons (Fsp3) is 0. The Kier molecular flexibility index (Phi) is 2.81. The first-order valence-corrected chi connectivity index (χ1v) is 7.01. The van der Waals surface area contributed by atoms with E-state index in [2.05, 4.69) is 0 Å². The molecule has 3 aromatic heterocycles. The highest BCUT2D eigenvalue weighted by Crippen LogP contribution is 2.28. The maximum Gasteiger partial charge on any atom is 0.341 e. The molecule has 0 saturated heterocycles. The maximum atomic E-state index is 12.1. The average molecular weight is 305 g/mol. The lowest BCUT2D eigenvalue weighted by atomic mass is 10.1. The molecule has 0 aliphatic carbocycles. The fourth-order valence-corrected chi connectivity index (χ4v) is 2.64. The molecule has 4 aromatic rings. The van der Waals surface area contributed by atoms with Gasteiger partial charge in [-0.2, -0.15) is 0 Å². The number of carboxylic acid groups (broad SMARTS) is 1. The molecule has 0 saturated carbocycles. The molecule has 0 atom stereocenters. The molecular weight excluding hydrogens is 294 g/mol. The highest BCUT2D eigenvalue weighted by molar-refractivity contribution is 5.88. The number of pyridine rings is 2. The number of hydrogen-bond acceptors (Lipinski definition) is 3. The quantitative estimate of drug-likeness (QED) is 0.616. The fourth-order valence-electron chi connectivity index (χ4n) is 2.64. The predicted octanol–water partition coefficient (Wildman–Crippen LogP) is 3.41. The lowest BCUT2D eigenvalue weighted by molar-refractivity contribution is 0.0695. The molecule has 0 unspecified atom stereocenters. The van der Waals surface area contributed by atoms with Crippen LogP contribution >= 0.6 is 0 Å². The summed E-state index contributed by atoms with van der Waals surface area (Å²) in [6, 6.07) is 16.1. The number of aromatic nitrogens is 1. The monoisotopic (exact) mass is 305 g/mol. The van der Waals surface area contributed by atoms with Gasteiger partial charge in [0.05, 0.1) is 0 Å². The minimum Gasteiger partial charge on any atom is -0.477 e. The summed E-state index contributed by atoms with van der Waals surface area (Å²) in [7, 11) is 0. The zero-order valence-electron chi connectivity index (χ0n) is 11.9. The van der Waals surface area contributed by atoms with Crippen molar-refractivity contribution in [2.75, 3.05) is 0 Å². The number of nitrogens with zero attached hydrogens (tertiary/aromatic N) is 1. The van der Waals surface area contributed by atoms with Crippen LogP contribution in [0, 0.1) is 0 Å². The zero-order valence-corrected chi connectivity index (χ0v) is 11.9. The van der Waals surface area contributed by atoms with E-state index in [1.165, 1.54) is 10.5 Å². The van der Waals surface area contributed by atoms with Crippen molar-refractivity contribution >= 4 is 22.5 Å². The zero-order chi connectivity index (χ0) is 16.0. The first kappa shape index (κ1) is 13.3. The van der Waals surface area contributed by atoms with Crippen molar-refractivity contribution in [3.8, 4) is 11.3 Å². The Labute approximate surface area is 130 Å². The Hall–Kier alpha value is -3.34. The molecule has 5 heteroatoms. The van der Waals surface area contributed by atoms with Crippen LogP contribution in [-0.2, 0) is 0 Å². The van der Waals surface area contributed by atoms with Gasteiger partial charge < -0.3 is 9.52 Å². The number of furan rings is 1. The van der Waals surface area contributed by atoms with Crippen LogP contribution in [0.5, 0.6) is 0 Å². The molecule has 4 rings (SSSR count). The van der Waals surface area contributed by atoms with Crippen LogP contribution in [0.25, 0.3) is 27.8 Å². The van der Waals surface area contributed by atoms with E-state index in [-0.39, 0.29) is 5.56 Å². The van der Waals surface area contributed by atoms with Crippen molar-refractivity contribution in [2.45, 2.75) is 0 Å². The summed E-state index contributed by atoms with van der Waals surface area (Å²) in [5, 5.41) is 10.0.